The molecule has 0 N–H and O–H groups in total. The summed E-state index contributed by atoms with van der Waals surface area (Å²) in [5, 5.41) is 1.05. The van der Waals surface area contributed by atoms with Gasteiger partial charge in [-0.3, -0.25) is 0 Å². The lowest BCUT2D eigenvalue weighted by Gasteiger charge is -2.11. The molecule has 0 fully saturated rings. The molecule has 3 nitrogen and oxygen atoms in total. The van der Waals surface area contributed by atoms with E-state index < -0.39 is 0 Å². The van der Waals surface area contributed by atoms with Crippen LogP contribution in [0.4, 0.5) is 0 Å². The highest BCUT2D eigenvalue weighted by molar-refractivity contribution is 9.10. The zero-order valence-corrected chi connectivity index (χ0v) is 15.5. The molecule has 0 atom stereocenters. The van der Waals surface area contributed by atoms with Gasteiger partial charge in [0.2, 0.25) is 0 Å². The van der Waals surface area contributed by atoms with Crippen molar-refractivity contribution >= 4 is 26.9 Å². The molecule has 0 amide bonds. The topological polar surface area (TPSA) is 39.4 Å². The maximum absolute atomic E-state index is 12.3. The van der Waals surface area contributed by atoms with E-state index in [9.17, 15) is 4.79 Å². The molecular formula is C21H19BrO3. The molecule has 0 saturated carbocycles. The largest absolute Gasteiger partial charge is 0.489 e. The molecule has 1 aromatic heterocycles. The Balaban J connectivity index is 1.64. The van der Waals surface area contributed by atoms with E-state index in [1.54, 1.807) is 0 Å². The third-order valence-electron chi connectivity index (χ3n) is 4.76. The molecule has 3 aromatic rings. The second kappa shape index (κ2) is 7.04. The molecule has 0 saturated heterocycles. The van der Waals surface area contributed by atoms with E-state index >= 15 is 0 Å². The molecule has 0 spiro atoms. The van der Waals surface area contributed by atoms with Gasteiger partial charge in [-0.25, -0.2) is 4.79 Å². The third-order valence-corrected chi connectivity index (χ3v) is 5.29. The number of benzene rings is 2. The average molecular weight is 399 g/mol. The first-order valence-electron chi connectivity index (χ1n) is 8.66. The first kappa shape index (κ1) is 16.4. The molecule has 0 unspecified atom stereocenters. The second-order valence-electron chi connectivity index (χ2n) is 6.48. The smallest absolute Gasteiger partial charge is 0.339 e. The van der Waals surface area contributed by atoms with E-state index in [1.807, 2.05) is 42.5 Å². The third kappa shape index (κ3) is 3.49. The number of hydrogen-bond donors (Lipinski definition) is 0. The van der Waals surface area contributed by atoms with Crippen LogP contribution in [0.25, 0.3) is 11.0 Å². The lowest BCUT2D eigenvalue weighted by molar-refractivity contribution is 0.306. The highest BCUT2D eigenvalue weighted by Gasteiger charge is 2.17. The van der Waals surface area contributed by atoms with Gasteiger partial charge in [0.1, 0.15) is 17.9 Å². The number of aryl methyl sites for hydroxylation is 1. The zero-order valence-electron chi connectivity index (χ0n) is 13.9. The summed E-state index contributed by atoms with van der Waals surface area (Å²) in [4.78, 5) is 12.3. The number of rotatable bonds is 3. The minimum absolute atomic E-state index is 0.186. The molecule has 1 aliphatic rings. The first-order valence-corrected chi connectivity index (χ1v) is 9.46. The summed E-state index contributed by atoms with van der Waals surface area (Å²) in [7, 11) is 0. The van der Waals surface area contributed by atoms with E-state index in [1.165, 1.54) is 12.0 Å². The molecule has 1 aliphatic carbocycles. The number of fused-ring (bicyclic) bond motifs is 3. The van der Waals surface area contributed by atoms with Crippen LogP contribution in [0.5, 0.6) is 5.75 Å². The fourth-order valence-corrected chi connectivity index (χ4v) is 3.70. The molecule has 0 aliphatic heterocycles. The van der Waals surface area contributed by atoms with E-state index in [0.29, 0.717) is 17.9 Å². The Kier molecular flexibility index (Phi) is 4.62. The Morgan fingerprint density at radius 3 is 2.52 bits per heavy atom. The molecule has 1 heterocycles. The van der Waals surface area contributed by atoms with Crippen molar-refractivity contribution in [2.24, 2.45) is 0 Å². The van der Waals surface area contributed by atoms with E-state index in [2.05, 4.69) is 15.9 Å². The van der Waals surface area contributed by atoms with Crippen LogP contribution in [0.3, 0.4) is 0 Å². The maximum atomic E-state index is 12.3. The van der Waals surface area contributed by atoms with Gasteiger partial charge in [-0.05, 0) is 61.1 Å². The monoisotopic (exact) mass is 398 g/mol. The fraction of sp³-hybridized carbons (Fsp3) is 0.286. The molecule has 0 radical (unpaired) electrons. The minimum atomic E-state index is -0.186. The van der Waals surface area contributed by atoms with Crippen LogP contribution in [0.15, 0.2) is 56.1 Å². The highest BCUT2D eigenvalue weighted by atomic mass is 79.9. The van der Waals surface area contributed by atoms with Gasteiger partial charge < -0.3 is 9.15 Å². The van der Waals surface area contributed by atoms with Crippen molar-refractivity contribution in [2.75, 3.05) is 0 Å². The van der Waals surface area contributed by atoms with Gasteiger partial charge in [-0.1, -0.05) is 34.5 Å². The van der Waals surface area contributed by atoms with Gasteiger partial charge in [-0.15, -0.1) is 0 Å². The van der Waals surface area contributed by atoms with Crippen molar-refractivity contribution in [3.05, 3.63) is 74.0 Å². The molecule has 2 aromatic carbocycles. The van der Waals surface area contributed by atoms with Crippen molar-refractivity contribution in [3.63, 3.8) is 0 Å². The summed E-state index contributed by atoms with van der Waals surface area (Å²) in [5.74, 6) is 0.715. The van der Waals surface area contributed by atoms with Crippen LogP contribution in [0.1, 0.15) is 36.0 Å². The molecule has 4 rings (SSSR count). The number of halogens is 1. The summed E-state index contributed by atoms with van der Waals surface area (Å²) in [6.45, 7) is 0.480. The van der Waals surface area contributed by atoms with Gasteiger partial charge in [0.25, 0.3) is 0 Å². The van der Waals surface area contributed by atoms with Gasteiger partial charge in [0.15, 0.2) is 0 Å². The van der Waals surface area contributed by atoms with Crippen LogP contribution in [0, 0.1) is 0 Å². The first-order chi connectivity index (χ1) is 12.2. The lowest BCUT2D eigenvalue weighted by Crippen LogP contribution is -2.10. The van der Waals surface area contributed by atoms with Gasteiger partial charge >= 0.3 is 5.63 Å². The van der Waals surface area contributed by atoms with Crippen LogP contribution < -0.4 is 10.4 Å². The zero-order chi connectivity index (χ0) is 17.2. The summed E-state index contributed by atoms with van der Waals surface area (Å²) >= 11 is 3.43. The van der Waals surface area contributed by atoms with E-state index in [4.69, 9.17) is 9.15 Å². The molecule has 0 bridgehead atoms. The maximum Gasteiger partial charge on any atom is 0.339 e. The van der Waals surface area contributed by atoms with Gasteiger partial charge in [0, 0.05) is 21.5 Å². The highest BCUT2D eigenvalue weighted by Crippen LogP contribution is 2.29. The average Bonchev–Trinajstić information content (AvgIpc) is 2.88. The molecular weight excluding hydrogens is 380 g/mol. The normalized spacial score (nSPS) is 14.1. The lowest BCUT2D eigenvalue weighted by atomic mass is 10.0. The Bertz CT molecular complexity index is 957. The number of hydrogen-bond acceptors (Lipinski definition) is 3. The molecule has 4 heteroatoms. The minimum Gasteiger partial charge on any atom is -0.489 e. The Morgan fingerprint density at radius 1 is 0.960 bits per heavy atom. The summed E-state index contributed by atoms with van der Waals surface area (Å²) in [5.41, 5.74) is 3.57. The van der Waals surface area contributed by atoms with Gasteiger partial charge in [0.05, 0.1) is 0 Å². The van der Waals surface area contributed by atoms with Crippen molar-refractivity contribution in [1.82, 2.24) is 0 Å². The predicted molar refractivity (Wildman–Crippen MR) is 102 cm³/mol. The quantitative estimate of drug-likeness (QED) is 0.437. The van der Waals surface area contributed by atoms with Crippen molar-refractivity contribution in [2.45, 2.75) is 38.7 Å². The second-order valence-corrected chi connectivity index (χ2v) is 7.40. The van der Waals surface area contributed by atoms with Crippen LogP contribution in [-0.4, -0.2) is 0 Å². The summed E-state index contributed by atoms with van der Waals surface area (Å²) in [6, 6.07) is 13.9. The van der Waals surface area contributed by atoms with Crippen LogP contribution in [-0.2, 0) is 19.4 Å². The van der Waals surface area contributed by atoms with Crippen molar-refractivity contribution in [1.29, 1.82) is 0 Å². The standard InChI is InChI=1S/C21H19BrO3/c22-15-8-6-14(7-9-15)13-24-16-10-11-18-17-4-2-1-3-5-19(17)21(23)25-20(18)12-16/h6-12H,1-5,13H2. The van der Waals surface area contributed by atoms with Gasteiger partial charge in [-0.2, -0.15) is 0 Å². The van der Waals surface area contributed by atoms with E-state index in [-0.39, 0.29) is 5.63 Å². The SMILES string of the molecule is O=c1oc2cc(OCc3ccc(Br)cc3)ccc2c2c1CCCCC2. The van der Waals surface area contributed by atoms with Crippen molar-refractivity contribution in [3.8, 4) is 5.75 Å². The summed E-state index contributed by atoms with van der Waals surface area (Å²) < 4.78 is 12.5. The van der Waals surface area contributed by atoms with Crippen molar-refractivity contribution < 1.29 is 9.15 Å². The predicted octanol–water partition coefficient (Wildman–Crippen LogP) is 5.40. The summed E-state index contributed by atoms with van der Waals surface area (Å²) in [6.07, 6.45) is 5.15. The Hall–Kier alpha value is -2.07. The molecule has 128 valence electrons. The van der Waals surface area contributed by atoms with E-state index in [0.717, 1.165) is 46.7 Å². The van der Waals surface area contributed by atoms with Crippen LogP contribution >= 0.6 is 15.9 Å². The Labute approximate surface area is 154 Å². The Morgan fingerprint density at radius 2 is 1.72 bits per heavy atom. The number of ether oxygens (including phenoxy) is 1. The van der Waals surface area contributed by atoms with Crippen LogP contribution in [0.2, 0.25) is 0 Å². The molecule has 25 heavy (non-hydrogen) atoms. The fourth-order valence-electron chi connectivity index (χ4n) is 3.44.